The molecule has 4 heteroatoms. The molecule has 0 saturated heterocycles. The average Bonchev–Trinajstić information content (AvgIpc) is 2.80. The third-order valence-electron chi connectivity index (χ3n) is 3.53. The third-order valence-corrected chi connectivity index (χ3v) is 4.51. The number of thiophene rings is 1. The standard InChI is InChI=1S/C17H22N2OS/c1-11-9-16(13(3)21-11)12(2)19-15-7-5-14(6-8-15)10-17(20)18-4/h5-9,12,19H,10H2,1-4H3,(H,18,20). The highest BCUT2D eigenvalue weighted by Crippen LogP contribution is 2.28. The molecule has 2 aromatic rings. The van der Waals surface area contributed by atoms with Crippen LogP contribution in [0.4, 0.5) is 5.69 Å². The lowest BCUT2D eigenvalue weighted by Gasteiger charge is -2.15. The van der Waals surface area contributed by atoms with E-state index in [-0.39, 0.29) is 11.9 Å². The van der Waals surface area contributed by atoms with Crippen LogP contribution in [0.2, 0.25) is 0 Å². The van der Waals surface area contributed by atoms with Crippen molar-refractivity contribution < 1.29 is 4.79 Å². The second kappa shape index (κ2) is 6.76. The summed E-state index contributed by atoms with van der Waals surface area (Å²) >= 11 is 1.84. The number of carbonyl (C=O) groups is 1. The molecule has 0 spiro atoms. The van der Waals surface area contributed by atoms with Gasteiger partial charge in [-0.25, -0.2) is 0 Å². The fourth-order valence-corrected chi connectivity index (χ4v) is 3.42. The van der Waals surface area contributed by atoms with Crippen LogP contribution < -0.4 is 10.6 Å². The first kappa shape index (κ1) is 15.6. The predicted octanol–water partition coefficient (Wildman–Crippen LogP) is 3.83. The maximum Gasteiger partial charge on any atom is 0.224 e. The van der Waals surface area contributed by atoms with Crippen molar-refractivity contribution in [3.63, 3.8) is 0 Å². The van der Waals surface area contributed by atoms with Crippen LogP contribution in [0.5, 0.6) is 0 Å². The molecule has 2 N–H and O–H groups in total. The van der Waals surface area contributed by atoms with Crippen molar-refractivity contribution in [2.45, 2.75) is 33.2 Å². The van der Waals surface area contributed by atoms with Gasteiger partial charge in [-0.1, -0.05) is 12.1 Å². The second-order valence-electron chi connectivity index (χ2n) is 5.28. The Kier molecular flexibility index (Phi) is 5.02. The Morgan fingerprint density at radius 2 is 1.90 bits per heavy atom. The highest BCUT2D eigenvalue weighted by Gasteiger charge is 2.11. The number of amides is 1. The van der Waals surface area contributed by atoms with Gasteiger partial charge in [0.25, 0.3) is 0 Å². The Hall–Kier alpha value is -1.81. The summed E-state index contributed by atoms with van der Waals surface area (Å²) in [5.74, 6) is 0.0356. The van der Waals surface area contributed by atoms with Crippen LogP contribution in [-0.4, -0.2) is 13.0 Å². The Labute approximate surface area is 130 Å². The Morgan fingerprint density at radius 1 is 1.24 bits per heavy atom. The number of carbonyl (C=O) groups excluding carboxylic acids is 1. The van der Waals surface area contributed by atoms with Gasteiger partial charge in [-0.15, -0.1) is 11.3 Å². The summed E-state index contributed by atoms with van der Waals surface area (Å²) in [6, 6.07) is 10.6. The first-order valence-electron chi connectivity index (χ1n) is 7.12. The van der Waals surface area contributed by atoms with Crippen molar-refractivity contribution in [1.82, 2.24) is 5.32 Å². The average molecular weight is 302 g/mol. The van der Waals surface area contributed by atoms with Crippen molar-refractivity contribution in [2.75, 3.05) is 12.4 Å². The van der Waals surface area contributed by atoms with Crippen LogP contribution in [0, 0.1) is 13.8 Å². The van der Waals surface area contributed by atoms with Gasteiger partial charge in [0.1, 0.15) is 0 Å². The van der Waals surface area contributed by atoms with Crippen molar-refractivity contribution in [3.8, 4) is 0 Å². The number of benzene rings is 1. The lowest BCUT2D eigenvalue weighted by atomic mass is 10.1. The van der Waals surface area contributed by atoms with Gasteiger partial charge in [0.15, 0.2) is 0 Å². The SMILES string of the molecule is CNC(=O)Cc1ccc(NC(C)c2cc(C)sc2C)cc1. The molecule has 0 aliphatic heterocycles. The minimum atomic E-state index is 0.0356. The van der Waals surface area contributed by atoms with E-state index in [9.17, 15) is 4.79 Å². The van der Waals surface area contributed by atoms with Crippen molar-refractivity contribution in [1.29, 1.82) is 0 Å². The predicted molar refractivity (Wildman–Crippen MR) is 90.0 cm³/mol. The lowest BCUT2D eigenvalue weighted by molar-refractivity contribution is -0.119. The Bertz CT molecular complexity index is 616. The molecule has 1 atom stereocenters. The molecule has 3 nitrogen and oxygen atoms in total. The zero-order chi connectivity index (χ0) is 15.4. The first-order chi connectivity index (χ1) is 9.99. The van der Waals surface area contributed by atoms with Gasteiger partial charge in [0.05, 0.1) is 6.42 Å². The molecule has 1 heterocycles. The van der Waals surface area contributed by atoms with E-state index in [2.05, 4.69) is 37.5 Å². The fraction of sp³-hybridized carbons (Fsp3) is 0.353. The second-order valence-corrected chi connectivity index (χ2v) is 6.74. The molecule has 0 fully saturated rings. The molecular formula is C17H22N2OS. The zero-order valence-corrected chi connectivity index (χ0v) is 13.8. The van der Waals surface area contributed by atoms with Crippen LogP contribution >= 0.6 is 11.3 Å². The maximum atomic E-state index is 11.3. The molecule has 1 aromatic carbocycles. The Morgan fingerprint density at radius 3 is 2.43 bits per heavy atom. The van der Waals surface area contributed by atoms with Gasteiger partial charge < -0.3 is 10.6 Å². The number of likely N-dealkylation sites (N-methyl/N-ethyl adjacent to an activating group) is 1. The van der Waals surface area contributed by atoms with E-state index in [1.807, 2.05) is 35.6 Å². The molecule has 112 valence electrons. The topological polar surface area (TPSA) is 41.1 Å². The third kappa shape index (κ3) is 4.08. The van der Waals surface area contributed by atoms with Crippen LogP contribution in [0.25, 0.3) is 0 Å². The van der Waals surface area contributed by atoms with Crippen LogP contribution in [0.1, 0.15) is 33.8 Å². The molecule has 0 aliphatic rings. The van der Waals surface area contributed by atoms with Crippen molar-refractivity contribution >= 4 is 22.9 Å². The normalized spacial score (nSPS) is 12.0. The van der Waals surface area contributed by atoms with Crippen LogP contribution in [0.3, 0.4) is 0 Å². The maximum absolute atomic E-state index is 11.3. The van der Waals surface area contributed by atoms with Crippen LogP contribution in [0.15, 0.2) is 30.3 Å². The van der Waals surface area contributed by atoms with E-state index >= 15 is 0 Å². The number of hydrogen-bond acceptors (Lipinski definition) is 3. The van der Waals surface area contributed by atoms with Crippen molar-refractivity contribution in [2.24, 2.45) is 0 Å². The molecule has 21 heavy (non-hydrogen) atoms. The lowest BCUT2D eigenvalue weighted by Crippen LogP contribution is -2.19. The van der Waals surface area contributed by atoms with E-state index in [0.29, 0.717) is 6.42 Å². The van der Waals surface area contributed by atoms with E-state index in [4.69, 9.17) is 0 Å². The summed E-state index contributed by atoms with van der Waals surface area (Å²) in [5, 5.41) is 6.15. The summed E-state index contributed by atoms with van der Waals surface area (Å²) in [7, 11) is 1.66. The molecule has 1 amide bonds. The highest BCUT2D eigenvalue weighted by molar-refractivity contribution is 7.12. The zero-order valence-electron chi connectivity index (χ0n) is 13.0. The summed E-state index contributed by atoms with van der Waals surface area (Å²) in [5.41, 5.74) is 3.45. The molecule has 1 aromatic heterocycles. The fourth-order valence-electron chi connectivity index (χ4n) is 2.40. The van der Waals surface area contributed by atoms with E-state index in [0.717, 1.165) is 11.3 Å². The molecule has 0 saturated carbocycles. The van der Waals surface area contributed by atoms with Gasteiger partial charge in [0, 0.05) is 28.5 Å². The molecule has 0 radical (unpaired) electrons. The minimum Gasteiger partial charge on any atom is -0.378 e. The number of nitrogens with one attached hydrogen (secondary N) is 2. The number of hydrogen-bond donors (Lipinski definition) is 2. The van der Waals surface area contributed by atoms with E-state index in [1.54, 1.807) is 7.05 Å². The monoisotopic (exact) mass is 302 g/mol. The minimum absolute atomic E-state index is 0.0356. The quantitative estimate of drug-likeness (QED) is 0.881. The number of rotatable bonds is 5. The molecule has 2 rings (SSSR count). The number of anilines is 1. The summed E-state index contributed by atoms with van der Waals surface area (Å²) in [4.78, 5) is 14.1. The van der Waals surface area contributed by atoms with E-state index < -0.39 is 0 Å². The van der Waals surface area contributed by atoms with E-state index in [1.165, 1.54) is 15.3 Å². The first-order valence-corrected chi connectivity index (χ1v) is 7.94. The highest BCUT2D eigenvalue weighted by atomic mass is 32.1. The summed E-state index contributed by atoms with van der Waals surface area (Å²) in [6.45, 7) is 6.48. The summed E-state index contributed by atoms with van der Waals surface area (Å²) in [6.07, 6.45) is 0.426. The summed E-state index contributed by atoms with van der Waals surface area (Å²) < 4.78 is 0. The Balaban J connectivity index is 2.03. The van der Waals surface area contributed by atoms with Gasteiger partial charge in [-0.3, -0.25) is 4.79 Å². The van der Waals surface area contributed by atoms with Gasteiger partial charge in [-0.05, 0) is 50.1 Å². The van der Waals surface area contributed by atoms with Gasteiger partial charge in [-0.2, -0.15) is 0 Å². The molecular weight excluding hydrogens is 280 g/mol. The largest absolute Gasteiger partial charge is 0.378 e. The number of aryl methyl sites for hydroxylation is 2. The molecule has 0 bridgehead atoms. The van der Waals surface area contributed by atoms with Gasteiger partial charge in [0.2, 0.25) is 5.91 Å². The molecule has 1 unspecified atom stereocenters. The smallest absolute Gasteiger partial charge is 0.224 e. The molecule has 0 aliphatic carbocycles. The van der Waals surface area contributed by atoms with Crippen molar-refractivity contribution in [3.05, 3.63) is 51.2 Å². The van der Waals surface area contributed by atoms with Gasteiger partial charge >= 0.3 is 0 Å². The van der Waals surface area contributed by atoms with Crippen LogP contribution in [-0.2, 0) is 11.2 Å².